The molecule has 0 N–H and O–H groups in total. The van der Waals surface area contributed by atoms with E-state index in [-0.39, 0.29) is 5.56 Å². The van der Waals surface area contributed by atoms with Crippen LogP contribution in [-0.4, -0.2) is 23.0 Å². The van der Waals surface area contributed by atoms with Gasteiger partial charge in [-0.25, -0.2) is 9.37 Å². The third-order valence-corrected chi connectivity index (χ3v) is 4.22. The topological polar surface area (TPSA) is 16.1 Å². The van der Waals surface area contributed by atoms with Crippen molar-refractivity contribution in [3.63, 3.8) is 0 Å². The summed E-state index contributed by atoms with van der Waals surface area (Å²) in [5.41, 5.74) is 1.16. The molecule has 0 bridgehead atoms. The van der Waals surface area contributed by atoms with Crippen LogP contribution in [0, 0.1) is 5.82 Å². The van der Waals surface area contributed by atoms with E-state index < -0.39 is 17.6 Å². The molecule has 0 fully saturated rings. The van der Waals surface area contributed by atoms with Crippen molar-refractivity contribution in [2.45, 2.75) is 26.6 Å². The fraction of sp³-hybridized carbons (Fsp3) is 0.400. The first kappa shape index (κ1) is 16.9. The van der Waals surface area contributed by atoms with Crippen molar-refractivity contribution < 1.29 is 17.6 Å². The van der Waals surface area contributed by atoms with Crippen molar-refractivity contribution in [2.75, 3.05) is 13.1 Å². The summed E-state index contributed by atoms with van der Waals surface area (Å²) >= 11 is 1.37. The maximum absolute atomic E-state index is 13.5. The van der Waals surface area contributed by atoms with E-state index in [1.165, 1.54) is 11.3 Å². The van der Waals surface area contributed by atoms with Gasteiger partial charge in [0.1, 0.15) is 5.82 Å². The van der Waals surface area contributed by atoms with Crippen LogP contribution in [0.2, 0.25) is 0 Å². The fourth-order valence-electron chi connectivity index (χ4n) is 2.16. The minimum absolute atomic E-state index is 0.163. The lowest BCUT2D eigenvalue weighted by molar-refractivity contribution is -0.137. The Morgan fingerprint density at radius 1 is 1.14 bits per heavy atom. The smallest absolute Gasteiger partial charge is 0.299 e. The molecule has 0 unspecified atom stereocenters. The lowest BCUT2D eigenvalue weighted by Crippen LogP contribution is -2.21. The number of hydrogen-bond donors (Lipinski definition) is 0. The second kappa shape index (κ2) is 6.75. The molecule has 7 heteroatoms. The number of alkyl halides is 3. The molecule has 0 aliphatic rings. The predicted octanol–water partition coefficient (Wildman–Crippen LogP) is 4.81. The van der Waals surface area contributed by atoms with Gasteiger partial charge in [-0.1, -0.05) is 13.8 Å². The Balaban J connectivity index is 2.41. The number of halogens is 4. The number of rotatable bonds is 5. The molecule has 1 aromatic heterocycles. The summed E-state index contributed by atoms with van der Waals surface area (Å²) in [5, 5.41) is 0. The van der Waals surface area contributed by atoms with Gasteiger partial charge in [-0.2, -0.15) is 13.2 Å². The highest BCUT2D eigenvalue weighted by Crippen LogP contribution is 2.34. The Morgan fingerprint density at radius 2 is 1.82 bits per heavy atom. The summed E-state index contributed by atoms with van der Waals surface area (Å²) in [6.07, 6.45) is -4.58. The highest BCUT2D eigenvalue weighted by atomic mass is 32.1. The fourth-order valence-corrected chi connectivity index (χ4v) is 2.98. The van der Waals surface area contributed by atoms with Crippen molar-refractivity contribution in [1.82, 2.24) is 9.88 Å². The van der Waals surface area contributed by atoms with E-state index in [9.17, 15) is 17.6 Å². The van der Waals surface area contributed by atoms with Gasteiger partial charge in [0.05, 0.1) is 16.8 Å². The van der Waals surface area contributed by atoms with Gasteiger partial charge in [0.25, 0.3) is 0 Å². The first-order valence-electron chi connectivity index (χ1n) is 6.88. The van der Waals surface area contributed by atoms with Gasteiger partial charge >= 0.3 is 6.18 Å². The number of benzene rings is 1. The maximum atomic E-state index is 13.5. The Bertz CT molecular complexity index is 633. The molecule has 0 amide bonds. The molecule has 0 spiro atoms. The molecule has 0 aliphatic carbocycles. The number of nitrogens with zero attached hydrogens (tertiary/aromatic N) is 2. The second-order valence-corrected chi connectivity index (χ2v) is 5.75. The zero-order chi connectivity index (χ0) is 16.3. The van der Waals surface area contributed by atoms with Crippen LogP contribution in [-0.2, 0) is 12.7 Å². The van der Waals surface area contributed by atoms with Gasteiger partial charge in [0.2, 0.25) is 0 Å². The van der Waals surface area contributed by atoms with Crippen molar-refractivity contribution in [1.29, 1.82) is 0 Å². The molecule has 2 aromatic rings. The van der Waals surface area contributed by atoms with Crippen LogP contribution >= 0.6 is 11.3 Å². The largest absolute Gasteiger partial charge is 0.416 e. The van der Waals surface area contributed by atoms with Crippen molar-refractivity contribution >= 4 is 11.3 Å². The van der Waals surface area contributed by atoms with Crippen LogP contribution in [0.15, 0.2) is 23.7 Å². The SMILES string of the molecule is CCN(CC)Cc1scnc1-c1cc(F)cc(C(F)(F)F)c1. The van der Waals surface area contributed by atoms with Crippen LogP contribution in [0.3, 0.4) is 0 Å². The lowest BCUT2D eigenvalue weighted by atomic mass is 10.1. The van der Waals surface area contributed by atoms with E-state index in [2.05, 4.69) is 9.88 Å². The van der Waals surface area contributed by atoms with Crippen LogP contribution in [0.25, 0.3) is 11.3 Å². The van der Waals surface area contributed by atoms with Gasteiger partial charge in [-0.15, -0.1) is 11.3 Å². The minimum Gasteiger partial charge on any atom is -0.299 e. The molecule has 2 rings (SSSR count). The molecular formula is C15H16F4N2S. The summed E-state index contributed by atoms with van der Waals surface area (Å²) in [6.45, 7) is 6.25. The standard InChI is InChI=1S/C15H16F4N2S/c1-3-21(4-2)8-13-14(20-9-22-13)10-5-11(15(17,18)19)7-12(16)6-10/h5-7,9H,3-4,8H2,1-2H3. The van der Waals surface area contributed by atoms with E-state index in [1.807, 2.05) is 13.8 Å². The molecule has 22 heavy (non-hydrogen) atoms. The molecule has 0 aliphatic heterocycles. The van der Waals surface area contributed by atoms with Crippen LogP contribution in [0.5, 0.6) is 0 Å². The molecule has 1 aromatic carbocycles. The molecule has 0 saturated heterocycles. The lowest BCUT2D eigenvalue weighted by Gasteiger charge is -2.17. The molecule has 1 heterocycles. The normalized spacial score (nSPS) is 12.1. The Kier molecular flexibility index (Phi) is 5.18. The number of thiazole rings is 1. The second-order valence-electron chi connectivity index (χ2n) is 4.81. The van der Waals surface area contributed by atoms with Gasteiger partial charge in [-0.3, -0.25) is 4.90 Å². The van der Waals surface area contributed by atoms with E-state index in [1.54, 1.807) is 5.51 Å². The molecule has 2 nitrogen and oxygen atoms in total. The van der Waals surface area contributed by atoms with Crippen LogP contribution < -0.4 is 0 Å². The summed E-state index contributed by atoms with van der Waals surface area (Å²) in [6, 6.07) is 2.54. The molecule has 120 valence electrons. The third kappa shape index (κ3) is 3.84. The highest BCUT2D eigenvalue weighted by Gasteiger charge is 2.31. The zero-order valence-corrected chi connectivity index (χ0v) is 13.1. The van der Waals surface area contributed by atoms with Crippen molar-refractivity contribution in [2.24, 2.45) is 0 Å². The third-order valence-electron chi connectivity index (χ3n) is 3.40. The molecule has 0 radical (unpaired) electrons. The molecular weight excluding hydrogens is 316 g/mol. The number of hydrogen-bond acceptors (Lipinski definition) is 3. The predicted molar refractivity (Wildman–Crippen MR) is 79.1 cm³/mol. The number of aromatic nitrogens is 1. The highest BCUT2D eigenvalue weighted by molar-refractivity contribution is 7.10. The zero-order valence-electron chi connectivity index (χ0n) is 12.2. The van der Waals surface area contributed by atoms with Crippen LogP contribution in [0.4, 0.5) is 17.6 Å². The first-order valence-corrected chi connectivity index (χ1v) is 7.76. The summed E-state index contributed by atoms with van der Waals surface area (Å²) in [5.74, 6) is -0.911. The van der Waals surface area contributed by atoms with Gasteiger partial charge in [0.15, 0.2) is 0 Å². The van der Waals surface area contributed by atoms with E-state index in [4.69, 9.17) is 0 Å². The Labute approximate surface area is 130 Å². The van der Waals surface area contributed by atoms with Gasteiger partial charge in [-0.05, 0) is 31.3 Å². The van der Waals surface area contributed by atoms with Crippen LogP contribution in [0.1, 0.15) is 24.3 Å². The monoisotopic (exact) mass is 332 g/mol. The summed E-state index contributed by atoms with van der Waals surface area (Å²) < 4.78 is 52.0. The minimum atomic E-state index is -4.58. The average Bonchev–Trinajstić information content (AvgIpc) is 2.91. The average molecular weight is 332 g/mol. The summed E-state index contributed by atoms with van der Waals surface area (Å²) in [7, 11) is 0. The molecule has 0 saturated carbocycles. The van der Waals surface area contributed by atoms with Crippen molar-refractivity contribution in [3.8, 4) is 11.3 Å². The maximum Gasteiger partial charge on any atom is 0.416 e. The van der Waals surface area contributed by atoms with E-state index in [0.717, 1.165) is 30.1 Å². The quantitative estimate of drug-likeness (QED) is 0.731. The first-order chi connectivity index (χ1) is 10.3. The van der Waals surface area contributed by atoms with Gasteiger partial charge in [0, 0.05) is 17.0 Å². The van der Waals surface area contributed by atoms with Crippen molar-refractivity contribution in [3.05, 3.63) is 40.0 Å². The molecule has 0 atom stereocenters. The Morgan fingerprint density at radius 3 is 2.41 bits per heavy atom. The summed E-state index contributed by atoms with van der Waals surface area (Å²) in [4.78, 5) is 7.09. The van der Waals surface area contributed by atoms with Gasteiger partial charge < -0.3 is 0 Å². The Hall–Kier alpha value is -1.47. The van der Waals surface area contributed by atoms with E-state index in [0.29, 0.717) is 18.3 Å². The van der Waals surface area contributed by atoms with E-state index >= 15 is 0 Å².